The lowest BCUT2D eigenvalue weighted by Crippen LogP contribution is -2.10. The molecule has 4 nitrogen and oxygen atoms in total. The zero-order valence-electron chi connectivity index (χ0n) is 9.51. The molecule has 0 saturated carbocycles. The minimum Gasteiger partial charge on any atom is -0.388 e. The van der Waals surface area contributed by atoms with Crippen molar-refractivity contribution in [3.8, 4) is 0 Å². The van der Waals surface area contributed by atoms with Crippen LogP contribution in [0.3, 0.4) is 0 Å². The highest BCUT2D eigenvalue weighted by molar-refractivity contribution is 9.10. The summed E-state index contributed by atoms with van der Waals surface area (Å²) in [6.07, 6.45) is -7.05. The highest BCUT2D eigenvalue weighted by Crippen LogP contribution is 2.32. The van der Waals surface area contributed by atoms with Gasteiger partial charge in [0.25, 0.3) is 0 Å². The molecule has 2 rings (SSSR count). The minimum atomic E-state index is -4.31. The fraction of sp³-hybridized carbons (Fsp3) is 0.364. The van der Waals surface area contributed by atoms with E-state index < -0.39 is 30.8 Å². The Hall–Kier alpha value is -1.28. The van der Waals surface area contributed by atoms with E-state index in [4.69, 9.17) is 0 Å². The van der Waals surface area contributed by atoms with Crippen molar-refractivity contribution < 1.29 is 18.3 Å². The molecule has 0 radical (unpaired) electrons. The van der Waals surface area contributed by atoms with Crippen molar-refractivity contribution in [2.75, 3.05) is 0 Å². The van der Waals surface area contributed by atoms with Crippen LogP contribution in [0, 0.1) is 0 Å². The van der Waals surface area contributed by atoms with Crippen molar-refractivity contribution in [1.29, 1.82) is 0 Å². The number of rotatable bonds is 3. The molecule has 0 spiro atoms. The predicted octanol–water partition coefficient (Wildman–Crippen LogP) is 2.99. The summed E-state index contributed by atoms with van der Waals surface area (Å²) < 4.78 is 36.8. The number of aromatic amines is 2. The van der Waals surface area contributed by atoms with Gasteiger partial charge in [0.1, 0.15) is 0 Å². The lowest BCUT2D eigenvalue weighted by atomic mass is 10.0. The number of halogens is 4. The summed E-state index contributed by atoms with van der Waals surface area (Å²) in [6, 6.07) is 3.00. The van der Waals surface area contributed by atoms with Gasteiger partial charge in [-0.3, -0.25) is 0 Å². The first-order valence-corrected chi connectivity index (χ1v) is 6.22. The molecule has 104 valence electrons. The molecule has 0 aliphatic rings. The van der Waals surface area contributed by atoms with E-state index in [9.17, 15) is 23.1 Å². The van der Waals surface area contributed by atoms with Gasteiger partial charge in [-0.25, -0.2) is 4.79 Å². The van der Waals surface area contributed by atoms with Gasteiger partial charge in [0.2, 0.25) is 0 Å². The van der Waals surface area contributed by atoms with Crippen LogP contribution >= 0.6 is 15.9 Å². The normalized spacial score (nSPS) is 13.9. The smallest absolute Gasteiger partial charge is 0.388 e. The van der Waals surface area contributed by atoms with Crippen LogP contribution in [0.5, 0.6) is 0 Å². The van der Waals surface area contributed by atoms with E-state index in [0.29, 0.717) is 21.1 Å². The topological polar surface area (TPSA) is 68.9 Å². The number of hydrogen-bond donors (Lipinski definition) is 3. The molecule has 1 aromatic heterocycles. The van der Waals surface area contributed by atoms with Crippen molar-refractivity contribution in [1.82, 2.24) is 9.97 Å². The number of aliphatic hydroxyl groups excluding tert-OH is 1. The monoisotopic (exact) mass is 338 g/mol. The molecule has 0 saturated heterocycles. The number of imidazole rings is 1. The molecule has 0 amide bonds. The maximum absolute atomic E-state index is 12.1. The van der Waals surface area contributed by atoms with E-state index in [2.05, 4.69) is 25.9 Å². The first-order valence-electron chi connectivity index (χ1n) is 5.42. The number of fused-ring (bicyclic) bond motifs is 1. The number of H-pyrrole nitrogens is 2. The molecule has 19 heavy (non-hydrogen) atoms. The Kier molecular flexibility index (Phi) is 3.73. The average Bonchev–Trinajstić information content (AvgIpc) is 2.63. The van der Waals surface area contributed by atoms with Gasteiger partial charge in [-0.05, 0) is 24.1 Å². The Morgan fingerprint density at radius 2 is 1.84 bits per heavy atom. The number of alkyl halides is 3. The number of benzene rings is 1. The summed E-state index contributed by atoms with van der Waals surface area (Å²) in [4.78, 5) is 16.1. The average molecular weight is 339 g/mol. The molecule has 1 atom stereocenters. The molecule has 2 aromatic rings. The molecule has 1 heterocycles. The lowest BCUT2D eigenvalue weighted by Gasteiger charge is -2.14. The second-order valence-electron chi connectivity index (χ2n) is 4.17. The Labute approximate surface area is 113 Å². The zero-order chi connectivity index (χ0) is 14.2. The summed E-state index contributed by atoms with van der Waals surface area (Å²) >= 11 is 3.17. The lowest BCUT2D eigenvalue weighted by molar-refractivity contribution is -0.140. The van der Waals surface area contributed by atoms with Crippen LogP contribution in [0.15, 0.2) is 21.4 Å². The third kappa shape index (κ3) is 3.38. The molecule has 1 unspecified atom stereocenters. The fourth-order valence-electron chi connectivity index (χ4n) is 1.78. The summed E-state index contributed by atoms with van der Waals surface area (Å²) in [5, 5.41) is 9.80. The standard InChI is InChI=1S/C11H10BrF3N2O2/c12-6-4-8-7(16-10(19)17-8)3-5(6)9(18)1-2-11(13,14)15/h3-4,9,18H,1-2H2,(H2,16,17,19). The van der Waals surface area contributed by atoms with E-state index in [0.717, 1.165) is 0 Å². The van der Waals surface area contributed by atoms with Crippen LogP contribution in [-0.2, 0) is 0 Å². The Morgan fingerprint density at radius 1 is 1.26 bits per heavy atom. The van der Waals surface area contributed by atoms with Crippen molar-refractivity contribution in [2.24, 2.45) is 0 Å². The van der Waals surface area contributed by atoms with Crippen LogP contribution in [0.25, 0.3) is 11.0 Å². The van der Waals surface area contributed by atoms with Crippen LogP contribution in [-0.4, -0.2) is 21.3 Å². The predicted molar refractivity (Wildman–Crippen MR) is 66.9 cm³/mol. The number of aliphatic hydroxyl groups is 1. The van der Waals surface area contributed by atoms with Crippen LogP contribution in [0.1, 0.15) is 24.5 Å². The molecule has 3 N–H and O–H groups in total. The first-order chi connectivity index (χ1) is 8.76. The quantitative estimate of drug-likeness (QED) is 0.805. The largest absolute Gasteiger partial charge is 0.389 e. The molecule has 0 aliphatic heterocycles. The van der Waals surface area contributed by atoms with E-state index in [1.54, 1.807) is 6.07 Å². The van der Waals surface area contributed by atoms with Crippen LogP contribution in [0.2, 0.25) is 0 Å². The van der Waals surface area contributed by atoms with Crippen molar-refractivity contribution in [2.45, 2.75) is 25.1 Å². The van der Waals surface area contributed by atoms with E-state index in [1.807, 2.05) is 0 Å². The van der Waals surface area contributed by atoms with Gasteiger partial charge in [0.15, 0.2) is 0 Å². The molecule has 0 aliphatic carbocycles. The highest BCUT2D eigenvalue weighted by Gasteiger charge is 2.28. The second kappa shape index (κ2) is 5.01. The molecular weight excluding hydrogens is 329 g/mol. The van der Waals surface area contributed by atoms with E-state index in [1.165, 1.54) is 6.07 Å². The highest BCUT2D eigenvalue weighted by atomic mass is 79.9. The van der Waals surface area contributed by atoms with Crippen molar-refractivity contribution in [3.63, 3.8) is 0 Å². The van der Waals surface area contributed by atoms with Gasteiger partial charge in [-0.15, -0.1) is 0 Å². The summed E-state index contributed by atoms with van der Waals surface area (Å²) in [5.41, 5.74) is 0.855. The van der Waals surface area contributed by atoms with Crippen LogP contribution in [0.4, 0.5) is 13.2 Å². The van der Waals surface area contributed by atoms with E-state index in [-0.39, 0.29) is 0 Å². The minimum absolute atomic E-state index is 0.312. The number of aromatic nitrogens is 2. The zero-order valence-corrected chi connectivity index (χ0v) is 11.1. The molecular formula is C11H10BrF3N2O2. The van der Waals surface area contributed by atoms with Gasteiger partial charge < -0.3 is 15.1 Å². The first kappa shape index (κ1) is 14.1. The van der Waals surface area contributed by atoms with Gasteiger partial charge in [0.05, 0.1) is 17.1 Å². The maximum Gasteiger partial charge on any atom is 0.389 e. The fourth-order valence-corrected chi connectivity index (χ4v) is 2.39. The third-order valence-corrected chi connectivity index (χ3v) is 3.38. The van der Waals surface area contributed by atoms with Gasteiger partial charge >= 0.3 is 11.9 Å². The van der Waals surface area contributed by atoms with Gasteiger partial charge in [0, 0.05) is 10.9 Å². The Bertz CT molecular complexity index is 647. The van der Waals surface area contributed by atoms with E-state index >= 15 is 0 Å². The molecule has 1 aromatic carbocycles. The molecule has 0 fully saturated rings. The summed E-state index contributed by atoms with van der Waals surface area (Å²) in [6.45, 7) is 0. The SMILES string of the molecule is O=c1[nH]c2cc(Br)c(C(O)CCC(F)(F)F)cc2[nH]1. The molecule has 0 bridgehead atoms. The molecule has 8 heteroatoms. The Balaban J connectivity index is 2.28. The van der Waals surface area contributed by atoms with Crippen LogP contribution < -0.4 is 5.69 Å². The van der Waals surface area contributed by atoms with Gasteiger partial charge in [-0.2, -0.15) is 13.2 Å². The summed E-state index contributed by atoms with van der Waals surface area (Å²) in [7, 11) is 0. The summed E-state index contributed by atoms with van der Waals surface area (Å²) in [5.74, 6) is 0. The second-order valence-corrected chi connectivity index (χ2v) is 5.02. The van der Waals surface area contributed by atoms with Gasteiger partial charge in [-0.1, -0.05) is 15.9 Å². The number of hydrogen-bond acceptors (Lipinski definition) is 2. The third-order valence-electron chi connectivity index (χ3n) is 2.69. The number of nitrogens with one attached hydrogen (secondary N) is 2. The van der Waals surface area contributed by atoms with Crippen molar-refractivity contribution >= 4 is 27.0 Å². The van der Waals surface area contributed by atoms with Crippen molar-refractivity contribution in [3.05, 3.63) is 32.7 Å². The Morgan fingerprint density at radius 3 is 2.42 bits per heavy atom. The maximum atomic E-state index is 12.1.